The van der Waals surface area contributed by atoms with Crippen LogP contribution >= 0.6 is 15.9 Å². The van der Waals surface area contributed by atoms with Crippen LogP contribution in [-0.4, -0.2) is 25.7 Å². The number of nitrogens with one attached hydrogen (secondary N) is 2. The minimum Gasteiger partial charge on any atom is -0.493 e. The van der Waals surface area contributed by atoms with Crippen molar-refractivity contribution in [3.8, 4) is 11.5 Å². The second-order valence-electron chi connectivity index (χ2n) is 6.30. The number of anilines is 1. The van der Waals surface area contributed by atoms with Crippen molar-refractivity contribution >= 4 is 27.5 Å². The second-order valence-corrected chi connectivity index (χ2v) is 7.15. The van der Waals surface area contributed by atoms with E-state index in [1.165, 1.54) is 0 Å². The van der Waals surface area contributed by atoms with E-state index >= 15 is 0 Å². The third kappa shape index (κ3) is 5.75. The van der Waals surface area contributed by atoms with Crippen molar-refractivity contribution in [1.82, 2.24) is 5.32 Å². The highest BCUT2D eigenvalue weighted by Crippen LogP contribution is 2.36. The molecule has 0 radical (unpaired) electrons. The number of carbonyl (C=O) groups excluding carboxylic acids is 1. The van der Waals surface area contributed by atoms with E-state index in [0.717, 1.165) is 21.3 Å². The molecule has 1 amide bonds. The molecule has 0 atom stereocenters. The molecule has 140 valence electrons. The molecule has 2 aromatic rings. The van der Waals surface area contributed by atoms with Crippen LogP contribution in [0.2, 0.25) is 0 Å². The van der Waals surface area contributed by atoms with Crippen molar-refractivity contribution in [3.05, 3.63) is 52.0 Å². The number of amides is 1. The summed E-state index contributed by atoms with van der Waals surface area (Å²) in [6.45, 7) is 6.65. The summed E-state index contributed by atoms with van der Waals surface area (Å²) in [4.78, 5) is 12.2. The predicted molar refractivity (Wildman–Crippen MR) is 108 cm³/mol. The number of halogens is 1. The molecule has 2 N–H and O–H groups in total. The van der Waals surface area contributed by atoms with Gasteiger partial charge in [-0.25, -0.2) is 0 Å². The van der Waals surface area contributed by atoms with Crippen molar-refractivity contribution in [2.24, 2.45) is 0 Å². The highest BCUT2D eigenvalue weighted by atomic mass is 79.9. The highest BCUT2D eigenvalue weighted by Gasteiger charge is 2.16. The summed E-state index contributed by atoms with van der Waals surface area (Å²) in [5.74, 6) is 0.935. The molecule has 0 spiro atoms. The van der Waals surface area contributed by atoms with Gasteiger partial charge in [-0.2, -0.15) is 0 Å². The molecule has 0 aliphatic carbocycles. The SMILES string of the molecule is COc1ccc(Br)c(CNC(C)C)c1OCC(=O)Nc1ccc(C)cc1. The predicted octanol–water partition coefficient (Wildman–Crippen LogP) is 4.28. The molecule has 0 aliphatic heterocycles. The normalized spacial score (nSPS) is 10.7. The van der Waals surface area contributed by atoms with Gasteiger partial charge in [0.15, 0.2) is 18.1 Å². The minimum atomic E-state index is -0.223. The molecular formula is C20H25BrN2O3. The average Bonchev–Trinajstić information content (AvgIpc) is 2.61. The number of benzene rings is 2. The second kappa shape index (κ2) is 9.59. The van der Waals surface area contributed by atoms with Crippen LogP contribution in [0.5, 0.6) is 11.5 Å². The first-order chi connectivity index (χ1) is 12.4. The quantitative estimate of drug-likeness (QED) is 0.668. The molecule has 0 heterocycles. The molecule has 0 unspecified atom stereocenters. The number of aryl methyl sites for hydroxylation is 1. The fourth-order valence-electron chi connectivity index (χ4n) is 2.34. The lowest BCUT2D eigenvalue weighted by molar-refractivity contribution is -0.118. The van der Waals surface area contributed by atoms with E-state index < -0.39 is 0 Å². The summed E-state index contributed by atoms with van der Waals surface area (Å²) in [6.07, 6.45) is 0. The van der Waals surface area contributed by atoms with Gasteiger partial charge in [0.05, 0.1) is 7.11 Å². The van der Waals surface area contributed by atoms with Gasteiger partial charge in [-0.3, -0.25) is 4.79 Å². The summed E-state index contributed by atoms with van der Waals surface area (Å²) < 4.78 is 12.1. The molecular weight excluding hydrogens is 396 g/mol. The number of rotatable bonds is 8. The van der Waals surface area contributed by atoms with Crippen molar-refractivity contribution in [3.63, 3.8) is 0 Å². The molecule has 5 nitrogen and oxygen atoms in total. The molecule has 2 rings (SSSR count). The number of hydrogen-bond donors (Lipinski definition) is 2. The first-order valence-corrected chi connectivity index (χ1v) is 9.28. The maximum atomic E-state index is 12.2. The largest absolute Gasteiger partial charge is 0.493 e. The fraction of sp³-hybridized carbons (Fsp3) is 0.350. The van der Waals surface area contributed by atoms with Crippen LogP contribution in [0.1, 0.15) is 25.0 Å². The monoisotopic (exact) mass is 420 g/mol. The third-order valence-corrected chi connectivity index (χ3v) is 4.50. The average molecular weight is 421 g/mol. The highest BCUT2D eigenvalue weighted by molar-refractivity contribution is 9.10. The third-order valence-electron chi connectivity index (χ3n) is 3.76. The Balaban J connectivity index is 2.10. The van der Waals surface area contributed by atoms with Crippen LogP contribution in [-0.2, 0) is 11.3 Å². The van der Waals surface area contributed by atoms with E-state index in [2.05, 4.69) is 40.4 Å². The van der Waals surface area contributed by atoms with Crippen molar-refractivity contribution in [2.45, 2.75) is 33.4 Å². The van der Waals surface area contributed by atoms with Crippen LogP contribution in [0.3, 0.4) is 0 Å². The first kappa shape index (κ1) is 20.3. The van der Waals surface area contributed by atoms with Gasteiger partial charge >= 0.3 is 0 Å². The van der Waals surface area contributed by atoms with E-state index in [0.29, 0.717) is 24.1 Å². The fourth-order valence-corrected chi connectivity index (χ4v) is 2.80. The molecule has 0 aliphatic rings. The molecule has 0 saturated carbocycles. The topological polar surface area (TPSA) is 59.6 Å². The van der Waals surface area contributed by atoms with Crippen LogP contribution in [0.4, 0.5) is 5.69 Å². The lowest BCUT2D eigenvalue weighted by Crippen LogP contribution is -2.24. The number of hydrogen-bond acceptors (Lipinski definition) is 4. The summed E-state index contributed by atoms with van der Waals surface area (Å²) in [6, 6.07) is 11.7. The van der Waals surface area contributed by atoms with Crippen molar-refractivity contribution in [1.29, 1.82) is 0 Å². The zero-order chi connectivity index (χ0) is 19.1. The van der Waals surface area contributed by atoms with E-state index in [-0.39, 0.29) is 12.5 Å². The molecule has 26 heavy (non-hydrogen) atoms. The Hall–Kier alpha value is -2.05. The Morgan fingerprint density at radius 3 is 2.46 bits per heavy atom. The molecule has 0 saturated heterocycles. The van der Waals surface area contributed by atoms with Gasteiger partial charge in [0.1, 0.15) is 0 Å². The van der Waals surface area contributed by atoms with E-state index in [4.69, 9.17) is 9.47 Å². The molecule has 2 aromatic carbocycles. The number of carbonyl (C=O) groups is 1. The zero-order valence-corrected chi connectivity index (χ0v) is 17.1. The van der Waals surface area contributed by atoms with Crippen LogP contribution in [0, 0.1) is 6.92 Å². The Morgan fingerprint density at radius 1 is 1.15 bits per heavy atom. The molecule has 0 aromatic heterocycles. The number of ether oxygens (including phenoxy) is 2. The molecule has 0 fully saturated rings. The van der Waals surface area contributed by atoms with Gasteiger partial charge in [-0.1, -0.05) is 47.5 Å². The number of methoxy groups -OCH3 is 1. The van der Waals surface area contributed by atoms with Crippen LogP contribution in [0.15, 0.2) is 40.9 Å². The summed E-state index contributed by atoms with van der Waals surface area (Å²) in [7, 11) is 1.59. The molecule has 0 bridgehead atoms. The van der Waals surface area contributed by atoms with E-state index in [1.54, 1.807) is 7.11 Å². The molecule has 6 heteroatoms. The van der Waals surface area contributed by atoms with E-state index in [1.807, 2.05) is 43.3 Å². The van der Waals surface area contributed by atoms with Gasteiger partial charge in [-0.05, 0) is 31.2 Å². The first-order valence-electron chi connectivity index (χ1n) is 8.48. The van der Waals surface area contributed by atoms with Gasteiger partial charge in [0, 0.05) is 28.3 Å². The zero-order valence-electron chi connectivity index (χ0n) is 15.6. The summed E-state index contributed by atoms with van der Waals surface area (Å²) in [5.41, 5.74) is 2.80. The van der Waals surface area contributed by atoms with Gasteiger partial charge < -0.3 is 20.1 Å². The van der Waals surface area contributed by atoms with Gasteiger partial charge in [-0.15, -0.1) is 0 Å². The standard InChI is InChI=1S/C20H25BrN2O3/c1-13(2)22-11-16-17(21)9-10-18(25-4)20(16)26-12-19(24)23-15-7-5-14(3)6-8-15/h5-10,13,22H,11-12H2,1-4H3,(H,23,24). The Morgan fingerprint density at radius 2 is 1.85 bits per heavy atom. The Bertz CT molecular complexity index is 745. The van der Waals surface area contributed by atoms with Crippen LogP contribution < -0.4 is 20.1 Å². The lowest BCUT2D eigenvalue weighted by atomic mass is 10.1. The maximum absolute atomic E-state index is 12.2. The smallest absolute Gasteiger partial charge is 0.262 e. The van der Waals surface area contributed by atoms with Crippen molar-refractivity contribution < 1.29 is 14.3 Å². The Kier molecular flexibility index (Phi) is 7.48. The van der Waals surface area contributed by atoms with E-state index in [9.17, 15) is 4.79 Å². The van der Waals surface area contributed by atoms with Gasteiger partial charge in [0.25, 0.3) is 5.91 Å². The van der Waals surface area contributed by atoms with Gasteiger partial charge in [0.2, 0.25) is 0 Å². The maximum Gasteiger partial charge on any atom is 0.262 e. The lowest BCUT2D eigenvalue weighted by Gasteiger charge is -2.18. The Labute approximate surface area is 163 Å². The minimum absolute atomic E-state index is 0.102. The van der Waals surface area contributed by atoms with Crippen LogP contribution in [0.25, 0.3) is 0 Å². The van der Waals surface area contributed by atoms with Crippen molar-refractivity contribution in [2.75, 3.05) is 19.0 Å². The summed E-state index contributed by atoms with van der Waals surface area (Å²) >= 11 is 3.55. The summed E-state index contributed by atoms with van der Waals surface area (Å²) in [5, 5.41) is 6.19.